The van der Waals surface area contributed by atoms with Crippen molar-refractivity contribution in [3.05, 3.63) is 94.8 Å². The summed E-state index contributed by atoms with van der Waals surface area (Å²) in [5, 5.41) is 5.88. The van der Waals surface area contributed by atoms with Crippen LogP contribution in [0.1, 0.15) is 47.9 Å². The van der Waals surface area contributed by atoms with Crippen LogP contribution in [-0.2, 0) is 4.79 Å². The summed E-state index contributed by atoms with van der Waals surface area (Å²) in [6.07, 6.45) is 4.05. The lowest BCUT2D eigenvalue weighted by atomic mass is 9.84. The number of benzodiazepines with no additional fused rings is 1. The number of anilines is 2. The minimum Gasteiger partial charge on any atom is -0.357 e. The molecule has 3 amide bonds. The number of aliphatic imine (C=N–C) groups is 1. The molecule has 1 atom stereocenters. The molecule has 0 spiro atoms. The number of urea groups is 1. The Morgan fingerprint density at radius 1 is 0.881 bits per heavy atom. The van der Waals surface area contributed by atoms with Gasteiger partial charge in [0.25, 0.3) is 0 Å². The lowest BCUT2D eigenvalue weighted by Crippen LogP contribution is -2.48. The topological polar surface area (TPSA) is 77.0 Å². The van der Waals surface area contributed by atoms with Crippen molar-refractivity contribution in [3.8, 4) is 0 Å². The first-order valence-electron chi connectivity index (χ1n) is 14.9. The number of fused-ring (bicyclic) bond motifs is 5. The maximum atomic E-state index is 15.2. The fourth-order valence-corrected chi connectivity index (χ4v) is 6.73. The van der Waals surface area contributed by atoms with Gasteiger partial charge in [0.1, 0.15) is 12.0 Å². The van der Waals surface area contributed by atoms with E-state index in [0.29, 0.717) is 28.8 Å². The normalized spacial score (nSPS) is 21.6. The number of para-hydroxylation sites is 1. The number of halogens is 1. The lowest BCUT2D eigenvalue weighted by molar-refractivity contribution is -0.130. The quantitative estimate of drug-likeness (QED) is 0.403. The van der Waals surface area contributed by atoms with Crippen LogP contribution in [0.15, 0.2) is 71.7 Å². The molecule has 0 unspecified atom stereocenters. The average Bonchev–Trinajstić information content (AvgIpc) is 3.36. The minimum absolute atomic E-state index is 0.0836. The zero-order valence-corrected chi connectivity index (χ0v) is 24.3. The molecule has 0 radical (unpaired) electrons. The molecule has 0 aromatic heterocycles. The van der Waals surface area contributed by atoms with Crippen molar-refractivity contribution >= 4 is 29.0 Å². The van der Waals surface area contributed by atoms with E-state index in [-0.39, 0.29) is 19.0 Å². The van der Waals surface area contributed by atoms with Crippen LogP contribution in [0.3, 0.4) is 0 Å². The third-order valence-electron chi connectivity index (χ3n) is 8.79. The molecule has 4 aliphatic rings. The summed E-state index contributed by atoms with van der Waals surface area (Å²) >= 11 is 0. The number of benzene rings is 3. The zero-order valence-electron chi connectivity index (χ0n) is 24.3. The van der Waals surface area contributed by atoms with E-state index < -0.39 is 18.0 Å². The molecule has 3 aliphatic heterocycles. The van der Waals surface area contributed by atoms with Gasteiger partial charge in [0.15, 0.2) is 0 Å². The molecule has 3 aromatic rings. The van der Waals surface area contributed by atoms with Crippen molar-refractivity contribution in [1.29, 1.82) is 0 Å². The lowest BCUT2D eigenvalue weighted by Gasteiger charge is -2.31. The molecule has 7 nitrogen and oxygen atoms in total. The summed E-state index contributed by atoms with van der Waals surface area (Å²) in [4.78, 5) is 36.1. The van der Waals surface area contributed by atoms with E-state index in [9.17, 15) is 9.59 Å². The molecule has 1 saturated carbocycles. The van der Waals surface area contributed by atoms with Crippen LogP contribution in [0.5, 0.6) is 0 Å². The molecule has 2 saturated heterocycles. The Hall–Kier alpha value is -4.20. The molecule has 8 heteroatoms. The van der Waals surface area contributed by atoms with Gasteiger partial charge in [0.2, 0.25) is 5.91 Å². The second-order valence-electron chi connectivity index (χ2n) is 12.0. The van der Waals surface area contributed by atoms with Gasteiger partial charge in [-0.15, -0.1) is 0 Å². The molecule has 2 bridgehead atoms. The fraction of sp³-hybridized carbons (Fsp3) is 0.382. The van der Waals surface area contributed by atoms with Crippen molar-refractivity contribution in [3.63, 3.8) is 0 Å². The molecule has 7 rings (SSSR count). The standard InChI is InChI=1S/C34H38FN5O2/c1-22-7-5-9-26(17-22)36-34(42)38-30-20-40(21-31(41)39-18-24-13-14-25(19-39)16-15-24)33-23(2)8-6-11-28(33)32(37-30)27-10-3-4-12-29(27)35/h3-12,17,24-25,30H,13-16,18-21H2,1-2H3,(H2,36,38,42)/t24?,25?,30-/m0/s1. The number of nitrogens with one attached hydrogen (secondary N) is 2. The first-order valence-corrected chi connectivity index (χ1v) is 14.9. The maximum absolute atomic E-state index is 15.2. The Bertz CT molecular complexity index is 1500. The van der Waals surface area contributed by atoms with Crippen LogP contribution in [-0.4, -0.2) is 54.9 Å². The average molecular weight is 568 g/mol. The number of amides is 3. The van der Waals surface area contributed by atoms with Crippen molar-refractivity contribution < 1.29 is 14.0 Å². The van der Waals surface area contributed by atoms with E-state index >= 15 is 4.39 Å². The first-order chi connectivity index (χ1) is 20.3. The number of hydrogen-bond acceptors (Lipinski definition) is 4. The molecule has 42 heavy (non-hydrogen) atoms. The fourth-order valence-electron chi connectivity index (χ4n) is 6.73. The van der Waals surface area contributed by atoms with Crippen LogP contribution in [0.4, 0.5) is 20.6 Å². The number of aryl methyl sites for hydroxylation is 2. The van der Waals surface area contributed by atoms with E-state index in [0.717, 1.165) is 35.5 Å². The van der Waals surface area contributed by atoms with E-state index in [1.165, 1.54) is 31.7 Å². The largest absolute Gasteiger partial charge is 0.357 e. The zero-order chi connectivity index (χ0) is 29.2. The molecule has 2 N–H and O–H groups in total. The number of rotatable bonds is 5. The SMILES string of the molecule is Cc1cccc(NC(=O)N[C@H]2CN(CC(=O)N3CC4CCC(CC4)C3)c3c(C)cccc3C(c3ccccc3F)=N2)c1. The van der Waals surface area contributed by atoms with Gasteiger partial charge < -0.3 is 20.4 Å². The van der Waals surface area contributed by atoms with Crippen LogP contribution < -0.4 is 15.5 Å². The smallest absolute Gasteiger partial charge is 0.320 e. The summed E-state index contributed by atoms with van der Waals surface area (Å²) in [5.41, 5.74) is 5.05. The summed E-state index contributed by atoms with van der Waals surface area (Å²) < 4.78 is 15.2. The van der Waals surface area contributed by atoms with Crippen LogP contribution in [0.2, 0.25) is 0 Å². The Kier molecular flexibility index (Phi) is 7.96. The van der Waals surface area contributed by atoms with Gasteiger partial charge in [0, 0.05) is 35.6 Å². The second-order valence-corrected chi connectivity index (χ2v) is 12.0. The van der Waals surface area contributed by atoms with Gasteiger partial charge >= 0.3 is 6.03 Å². The summed E-state index contributed by atoms with van der Waals surface area (Å²) in [7, 11) is 0. The van der Waals surface area contributed by atoms with E-state index in [1.54, 1.807) is 18.2 Å². The Morgan fingerprint density at radius 2 is 1.57 bits per heavy atom. The second kappa shape index (κ2) is 12.0. The first kappa shape index (κ1) is 27.9. The predicted octanol–water partition coefficient (Wildman–Crippen LogP) is 5.90. The molecule has 3 aromatic carbocycles. The van der Waals surface area contributed by atoms with E-state index in [1.807, 2.05) is 66.1 Å². The number of hydrogen-bond donors (Lipinski definition) is 2. The van der Waals surface area contributed by atoms with Gasteiger partial charge in [-0.05, 0) is 86.8 Å². The number of nitrogens with zero attached hydrogens (tertiary/aromatic N) is 3. The Labute approximate surface area is 246 Å². The highest BCUT2D eigenvalue weighted by atomic mass is 19.1. The molecule has 3 heterocycles. The summed E-state index contributed by atoms with van der Waals surface area (Å²) in [5.74, 6) is 0.833. The summed E-state index contributed by atoms with van der Waals surface area (Å²) in [6.45, 7) is 6.00. The van der Waals surface area contributed by atoms with Crippen molar-refractivity contribution in [1.82, 2.24) is 10.2 Å². The van der Waals surface area contributed by atoms with E-state index in [2.05, 4.69) is 10.6 Å². The van der Waals surface area contributed by atoms with Gasteiger partial charge in [-0.2, -0.15) is 0 Å². The molecular weight excluding hydrogens is 529 g/mol. The van der Waals surface area contributed by atoms with Crippen LogP contribution in [0.25, 0.3) is 0 Å². The molecule has 1 aliphatic carbocycles. The predicted molar refractivity (Wildman–Crippen MR) is 165 cm³/mol. The van der Waals surface area contributed by atoms with Crippen LogP contribution >= 0.6 is 0 Å². The Balaban J connectivity index is 1.34. The van der Waals surface area contributed by atoms with Crippen molar-refractivity contribution in [2.75, 3.05) is 36.4 Å². The van der Waals surface area contributed by atoms with Crippen molar-refractivity contribution in [2.45, 2.75) is 45.7 Å². The van der Waals surface area contributed by atoms with Crippen molar-refractivity contribution in [2.24, 2.45) is 16.8 Å². The minimum atomic E-state index is -0.732. The highest BCUT2D eigenvalue weighted by Crippen LogP contribution is 2.35. The number of carbonyl (C=O) groups excluding carboxylic acids is 2. The van der Waals surface area contributed by atoms with E-state index in [4.69, 9.17) is 4.99 Å². The molecular formula is C34H38FN5O2. The van der Waals surface area contributed by atoms with Gasteiger partial charge in [-0.1, -0.05) is 42.5 Å². The highest BCUT2D eigenvalue weighted by molar-refractivity contribution is 6.17. The van der Waals surface area contributed by atoms with Gasteiger partial charge in [-0.3, -0.25) is 9.79 Å². The maximum Gasteiger partial charge on any atom is 0.320 e. The monoisotopic (exact) mass is 567 g/mol. The summed E-state index contributed by atoms with van der Waals surface area (Å²) in [6, 6.07) is 19.5. The number of carbonyl (C=O) groups is 2. The highest BCUT2D eigenvalue weighted by Gasteiger charge is 2.34. The Morgan fingerprint density at radius 3 is 2.29 bits per heavy atom. The third kappa shape index (κ3) is 6.03. The molecule has 218 valence electrons. The molecule has 3 fully saturated rings. The van der Waals surface area contributed by atoms with Crippen LogP contribution in [0, 0.1) is 31.5 Å². The van der Waals surface area contributed by atoms with Gasteiger partial charge in [-0.25, -0.2) is 9.18 Å². The third-order valence-corrected chi connectivity index (χ3v) is 8.79. The van der Waals surface area contributed by atoms with Gasteiger partial charge in [0.05, 0.1) is 18.8 Å².